The SMILES string of the molecule is COCCNC(=NCC(=O)N(C)C)N1CCC(C(=O)OC)CC1. The molecule has 8 nitrogen and oxygen atoms in total. The smallest absolute Gasteiger partial charge is 0.308 e. The summed E-state index contributed by atoms with van der Waals surface area (Å²) in [6.07, 6.45) is 1.44. The number of methoxy groups -OCH3 is 2. The number of ether oxygens (including phenoxy) is 2. The molecule has 0 bridgehead atoms. The number of rotatable bonds is 6. The quantitative estimate of drug-likeness (QED) is 0.308. The van der Waals surface area contributed by atoms with Crippen LogP contribution in [0.3, 0.4) is 0 Å². The van der Waals surface area contributed by atoms with Crippen LogP contribution in [0.5, 0.6) is 0 Å². The predicted molar refractivity (Wildman–Crippen MR) is 87.2 cm³/mol. The number of likely N-dealkylation sites (N-methyl/N-ethyl adjacent to an activating group) is 1. The molecule has 1 heterocycles. The molecule has 0 aromatic heterocycles. The van der Waals surface area contributed by atoms with Crippen molar-refractivity contribution in [2.75, 3.05) is 61.1 Å². The average molecular weight is 328 g/mol. The summed E-state index contributed by atoms with van der Waals surface area (Å²) in [5, 5.41) is 3.21. The fraction of sp³-hybridized carbons (Fsp3) is 0.800. The number of carbonyl (C=O) groups excluding carboxylic acids is 2. The Morgan fingerprint density at radius 3 is 2.43 bits per heavy atom. The van der Waals surface area contributed by atoms with Crippen molar-refractivity contribution in [2.24, 2.45) is 10.9 Å². The van der Waals surface area contributed by atoms with Gasteiger partial charge in [0.15, 0.2) is 5.96 Å². The molecule has 0 spiro atoms. The molecule has 0 aromatic rings. The number of aliphatic imine (C=N–C) groups is 1. The van der Waals surface area contributed by atoms with Crippen molar-refractivity contribution in [1.29, 1.82) is 0 Å². The topological polar surface area (TPSA) is 83.5 Å². The summed E-state index contributed by atoms with van der Waals surface area (Å²) in [7, 11) is 6.46. The maximum atomic E-state index is 11.7. The first kappa shape index (κ1) is 19.2. The Kier molecular flexibility index (Phi) is 8.39. The van der Waals surface area contributed by atoms with E-state index in [4.69, 9.17) is 9.47 Å². The van der Waals surface area contributed by atoms with Gasteiger partial charge in [-0.1, -0.05) is 0 Å². The zero-order chi connectivity index (χ0) is 17.2. The highest BCUT2D eigenvalue weighted by atomic mass is 16.5. The van der Waals surface area contributed by atoms with Crippen molar-refractivity contribution in [3.8, 4) is 0 Å². The number of carbonyl (C=O) groups is 2. The molecule has 0 atom stereocenters. The molecule has 1 N–H and O–H groups in total. The van der Waals surface area contributed by atoms with E-state index < -0.39 is 0 Å². The van der Waals surface area contributed by atoms with Crippen molar-refractivity contribution in [2.45, 2.75) is 12.8 Å². The van der Waals surface area contributed by atoms with Crippen molar-refractivity contribution in [1.82, 2.24) is 15.1 Å². The van der Waals surface area contributed by atoms with Gasteiger partial charge in [0, 0.05) is 40.8 Å². The Labute approximate surface area is 137 Å². The Morgan fingerprint density at radius 1 is 1.26 bits per heavy atom. The van der Waals surface area contributed by atoms with Gasteiger partial charge in [0.1, 0.15) is 6.54 Å². The molecule has 1 fully saturated rings. The molecule has 0 radical (unpaired) electrons. The fourth-order valence-electron chi connectivity index (χ4n) is 2.31. The molecule has 132 valence electrons. The zero-order valence-electron chi connectivity index (χ0n) is 14.5. The normalized spacial score (nSPS) is 16.2. The standard InChI is InChI=1S/C15H28N4O4/c1-18(2)13(20)11-17-15(16-7-10-22-3)19-8-5-12(6-9-19)14(21)23-4/h12H,5-11H2,1-4H3,(H,16,17). The van der Waals surface area contributed by atoms with Crippen LogP contribution >= 0.6 is 0 Å². The molecule has 1 amide bonds. The third-order valence-corrected chi connectivity index (χ3v) is 3.78. The first-order valence-corrected chi connectivity index (χ1v) is 7.79. The first-order chi connectivity index (χ1) is 11.0. The molecule has 0 aliphatic carbocycles. The van der Waals surface area contributed by atoms with E-state index in [0.29, 0.717) is 32.2 Å². The number of guanidine groups is 1. The highest BCUT2D eigenvalue weighted by Gasteiger charge is 2.27. The van der Waals surface area contributed by atoms with Crippen LogP contribution in [0.15, 0.2) is 4.99 Å². The largest absolute Gasteiger partial charge is 0.469 e. The summed E-state index contributed by atoms with van der Waals surface area (Å²) in [6.45, 7) is 2.67. The lowest BCUT2D eigenvalue weighted by atomic mass is 9.97. The molecule has 1 aliphatic rings. The molecule has 1 aliphatic heterocycles. The van der Waals surface area contributed by atoms with Crippen molar-refractivity contribution in [3.05, 3.63) is 0 Å². The molecule has 1 saturated heterocycles. The van der Waals surface area contributed by atoms with Crippen LogP contribution in [0.4, 0.5) is 0 Å². The number of nitrogens with one attached hydrogen (secondary N) is 1. The summed E-state index contributed by atoms with van der Waals surface area (Å²) in [6, 6.07) is 0. The van der Waals surface area contributed by atoms with Crippen molar-refractivity contribution < 1.29 is 19.1 Å². The van der Waals surface area contributed by atoms with Crippen LogP contribution in [0, 0.1) is 5.92 Å². The van der Waals surface area contributed by atoms with E-state index in [1.165, 1.54) is 12.0 Å². The van der Waals surface area contributed by atoms with Crippen molar-refractivity contribution in [3.63, 3.8) is 0 Å². The van der Waals surface area contributed by atoms with E-state index in [-0.39, 0.29) is 24.3 Å². The van der Waals surface area contributed by atoms with Gasteiger partial charge in [-0.05, 0) is 12.8 Å². The third kappa shape index (κ3) is 6.43. The Bertz CT molecular complexity index is 418. The maximum Gasteiger partial charge on any atom is 0.308 e. The van der Waals surface area contributed by atoms with E-state index in [1.807, 2.05) is 0 Å². The van der Waals surface area contributed by atoms with E-state index in [1.54, 1.807) is 21.2 Å². The number of esters is 1. The minimum Gasteiger partial charge on any atom is -0.469 e. The van der Waals surface area contributed by atoms with Crippen LogP contribution in [0.25, 0.3) is 0 Å². The monoisotopic (exact) mass is 328 g/mol. The summed E-state index contributed by atoms with van der Waals surface area (Å²) >= 11 is 0. The van der Waals surface area contributed by atoms with Crippen LogP contribution in [-0.2, 0) is 19.1 Å². The van der Waals surface area contributed by atoms with Gasteiger partial charge in [0.2, 0.25) is 5.91 Å². The highest BCUT2D eigenvalue weighted by molar-refractivity contribution is 5.85. The minimum atomic E-state index is -0.154. The summed E-state index contributed by atoms with van der Waals surface area (Å²) in [4.78, 5) is 31.3. The number of piperidine rings is 1. The van der Waals surface area contributed by atoms with Gasteiger partial charge in [-0.2, -0.15) is 0 Å². The Hall–Kier alpha value is -1.83. The minimum absolute atomic E-state index is 0.0551. The molecular formula is C15H28N4O4. The fourth-order valence-corrected chi connectivity index (χ4v) is 2.31. The van der Waals surface area contributed by atoms with Gasteiger partial charge < -0.3 is 24.6 Å². The number of likely N-dealkylation sites (tertiary alicyclic amines) is 1. The highest BCUT2D eigenvalue weighted by Crippen LogP contribution is 2.18. The van der Waals surface area contributed by atoms with Crippen LogP contribution in [0.2, 0.25) is 0 Å². The third-order valence-electron chi connectivity index (χ3n) is 3.78. The first-order valence-electron chi connectivity index (χ1n) is 7.79. The van der Waals surface area contributed by atoms with Crippen LogP contribution in [0.1, 0.15) is 12.8 Å². The summed E-state index contributed by atoms with van der Waals surface area (Å²) in [5.74, 6) is 0.416. The average Bonchev–Trinajstić information content (AvgIpc) is 2.57. The van der Waals surface area contributed by atoms with E-state index >= 15 is 0 Å². The molecule has 1 rings (SSSR count). The Balaban J connectivity index is 2.63. The molecule has 0 saturated carbocycles. The van der Waals surface area contributed by atoms with E-state index in [9.17, 15) is 9.59 Å². The van der Waals surface area contributed by atoms with Crippen molar-refractivity contribution >= 4 is 17.8 Å². The number of amides is 1. The van der Waals surface area contributed by atoms with Crippen LogP contribution in [-0.4, -0.2) is 88.7 Å². The molecular weight excluding hydrogens is 300 g/mol. The lowest BCUT2D eigenvalue weighted by molar-refractivity contribution is -0.146. The van der Waals surface area contributed by atoms with Gasteiger partial charge in [0.25, 0.3) is 0 Å². The van der Waals surface area contributed by atoms with Gasteiger partial charge in [-0.25, -0.2) is 4.99 Å². The number of hydrogen-bond acceptors (Lipinski definition) is 5. The second-order valence-corrected chi connectivity index (χ2v) is 5.63. The second-order valence-electron chi connectivity index (χ2n) is 5.63. The Morgan fingerprint density at radius 2 is 1.91 bits per heavy atom. The zero-order valence-corrected chi connectivity index (χ0v) is 14.5. The molecule has 0 unspecified atom stereocenters. The van der Waals surface area contributed by atoms with Crippen LogP contribution < -0.4 is 5.32 Å². The molecule has 0 aromatic carbocycles. The van der Waals surface area contributed by atoms with Gasteiger partial charge in [-0.3, -0.25) is 9.59 Å². The van der Waals surface area contributed by atoms with Gasteiger partial charge in [0.05, 0.1) is 19.6 Å². The molecule has 23 heavy (non-hydrogen) atoms. The van der Waals surface area contributed by atoms with E-state index in [0.717, 1.165) is 12.8 Å². The predicted octanol–water partition coefficient (Wildman–Crippen LogP) is -0.448. The van der Waals surface area contributed by atoms with Gasteiger partial charge in [-0.15, -0.1) is 0 Å². The lowest BCUT2D eigenvalue weighted by Gasteiger charge is -2.33. The number of nitrogens with zero attached hydrogens (tertiary/aromatic N) is 3. The van der Waals surface area contributed by atoms with E-state index in [2.05, 4.69) is 15.2 Å². The number of hydrogen-bond donors (Lipinski definition) is 1. The summed E-state index contributed by atoms with van der Waals surface area (Å²) < 4.78 is 9.83. The lowest BCUT2D eigenvalue weighted by Crippen LogP contribution is -2.47. The molecule has 8 heteroatoms. The maximum absolute atomic E-state index is 11.7. The van der Waals surface area contributed by atoms with Gasteiger partial charge >= 0.3 is 5.97 Å². The second kappa shape index (κ2) is 10.0. The summed E-state index contributed by atoms with van der Waals surface area (Å²) in [5.41, 5.74) is 0.